The number of carboxylic acid groups (broad SMARTS) is 1. The lowest BCUT2D eigenvalue weighted by molar-refractivity contribution is -0.138. The number of ether oxygens (including phenoxy) is 1. The number of aliphatic hydroxyl groups excluding tert-OH is 2. The number of aromatic nitrogens is 5. The number of anilines is 1. The number of aliphatic carboxylic acids is 1. The highest BCUT2D eigenvalue weighted by molar-refractivity contribution is 5.81. The van der Waals surface area contributed by atoms with Gasteiger partial charge in [0.05, 0.1) is 17.5 Å². The molecule has 0 amide bonds. The van der Waals surface area contributed by atoms with Crippen LogP contribution in [0.25, 0.3) is 22.1 Å². The molecule has 7 N–H and O–H groups in total. The normalized spacial score (nSPS) is 22.7. The number of nitrogens with two attached hydrogens (primary N) is 2. The minimum Gasteiger partial charge on any atom is -0.480 e. The van der Waals surface area contributed by atoms with E-state index >= 15 is 0 Å². The summed E-state index contributed by atoms with van der Waals surface area (Å²) in [5, 5.41) is 31.9. The maximum atomic E-state index is 11.3. The Kier molecular flexibility index (Phi) is 6.95. The molecule has 4 aromatic rings. The lowest BCUT2D eigenvalue weighted by Crippen LogP contribution is -2.42. The third-order valence-electron chi connectivity index (χ3n) is 6.55. The Hall–Kier alpha value is -3.75. The second-order valence-electron chi connectivity index (χ2n) is 9.09. The van der Waals surface area contributed by atoms with Gasteiger partial charge in [-0.2, -0.15) is 0 Å². The topological polar surface area (TPSA) is 199 Å². The average Bonchev–Trinajstić information content (AvgIpc) is 3.44. The zero-order valence-electron chi connectivity index (χ0n) is 19.8. The van der Waals surface area contributed by atoms with Gasteiger partial charge in [-0.25, -0.2) is 15.0 Å². The Labute approximate surface area is 211 Å². The number of aliphatic hydroxyl groups is 2. The van der Waals surface area contributed by atoms with Crippen molar-refractivity contribution in [2.75, 3.05) is 18.8 Å². The van der Waals surface area contributed by atoms with E-state index in [4.69, 9.17) is 21.2 Å². The Morgan fingerprint density at radius 3 is 2.76 bits per heavy atom. The molecule has 194 valence electrons. The molecule has 3 aromatic heterocycles. The molecule has 37 heavy (non-hydrogen) atoms. The van der Waals surface area contributed by atoms with E-state index in [1.165, 1.54) is 17.2 Å². The Balaban J connectivity index is 1.36. The third-order valence-corrected chi connectivity index (χ3v) is 6.55. The number of fused-ring (bicyclic) bond motifs is 2. The van der Waals surface area contributed by atoms with E-state index in [0.29, 0.717) is 24.3 Å². The molecule has 1 aliphatic heterocycles. The summed E-state index contributed by atoms with van der Waals surface area (Å²) in [7, 11) is 0. The van der Waals surface area contributed by atoms with Crippen LogP contribution in [0.3, 0.4) is 0 Å². The molecule has 5 atom stereocenters. The molecule has 4 heterocycles. The molecule has 1 saturated heterocycles. The summed E-state index contributed by atoms with van der Waals surface area (Å²) < 4.78 is 7.59. The van der Waals surface area contributed by atoms with Gasteiger partial charge in [-0.15, -0.1) is 0 Å². The summed E-state index contributed by atoms with van der Waals surface area (Å²) in [6.45, 7) is 0.870. The van der Waals surface area contributed by atoms with E-state index in [-0.39, 0.29) is 18.8 Å². The Morgan fingerprint density at radius 1 is 1.14 bits per heavy atom. The van der Waals surface area contributed by atoms with Crippen molar-refractivity contribution < 1.29 is 24.9 Å². The maximum Gasteiger partial charge on any atom is 0.320 e. The van der Waals surface area contributed by atoms with Crippen LogP contribution in [-0.2, 0) is 16.1 Å². The van der Waals surface area contributed by atoms with Crippen LogP contribution in [-0.4, -0.2) is 88.1 Å². The molecule has 1 fully saturated rings. The molecule has 0 radical (unpaired) electrons. The minimum absolute atomic E-state index is 0.181. The van der Waals surface area contributed by atoms with Crippen molar-refractivity contribution in [1.82, 2.24) is 29.4 Å². The van der Waals surface area contributed by atoms with Crippen molar-refractivity contribution >= 4 is 33.9 Å². The summed E-state index contributed by atoms with van der Waals surface area (Å²) in [4.78, 5) is 30.2. The van der Waals surface area contributed by atoms with Gasteiger partial charge in [-0.05, 0) is 18.6 Å². The number of carbonyl (C=O) groups is 1. The number of pyridine rings is 1. The highest BCUT2D eigenvalue weighted by Gasteiger charge is 2.45. The molecule has 13 heteroatoms. The minimum atomic E-state index is -1.26. The van der Waals surface area contributed by atoms with Crippen LogP contribution in [0.4, 0.5) is 5.82 Å². The number of hydrogen-bond acceptors (Lipinski definition) is 11. The van der Waals surface area contributed by atoms with Crippen molar-refractivity contribution in [3.8, 4) is 0 Å². The van der Waals surface area contributed by atoms with Gasteiger partial charge < -0.3 is 31.5 Å². The molecule has 0 bridgehead atoms. The number of nitrogens with zero attached hydrogens (tertiary/aromatic N) is 6. The quantitative estimate of drug-likeness (QED) is 0.201. The van der Waals surface area contributed by atoms with Crippen LogP contribution in [0, 0.1) is 0 Å². The summed E-state index contributed by atoms with van der Waals surface area (Å²) in [6, 6.07) is 10.6. The Bertz CT molecular complexity index is 1410. The van der Waals surface area contributed by atoms with E-state index in [2.05, 4.69) is 15.0 Å². The van der Waals surface area contributed by atoms with Gasteiger partial charge in [0.1, 0.15) is 36.2 Å². The molecule has 0 unspecified atom stereocenters. The highest BCUT2D eigenvalue weighted by atomic mass is 16.6. The van der Waals surface area contributed by atoms with Gasteiger partial charge in [0.15, 0.2) is 17.7 Å². The number of rotatable bonds is 9. The lowest BCUT2D eigenvalue weighted by atomic mass is 10.1. The van der Waals surface area contributed by atoms with E-state index in [1.54, 1.807) is 0 Å². The summed E-state index contributed by atoms with van der Waals surface area (Å²) in [6.07, 6.45) is -1.34. The molecule has 0 saturated carbocycles. The van der Waals surface area contributed by atoms with Crippen molar-refractivity contribution in [1.29, 1.82) is 0 Å². The van der Waals surface area contributed by atoms with Crippen molar-refractivity contribution in [3.05, 3.63) is 54.7 Å². The third kappa shape index (κ3) is 5.08. The molecule has 1 aromatic carbocycles. The van der Waals surface area contributed by atoms with Gasteiger partial charge in [-0.1, -0.05) is 24.3 Å². The zero-order chi connectivity index (χ0) is 26.1. The first-order chi connectivity index (χ1) is 17.8. The Morgan fingerprint density at radius 2 is 1.95 bits per heavy atom. The first-order valence-electron chi connectivity index (χ1n) is 11.8. The van der Waals surface area contributed by atoms with E-state index in [0.717, 1.165) is 16.6 Å². The molecular formula is C24H28N8O5. The fraction of sp³-hybridized carbons (Fsp3) is 0.375. The highest BCUT2D eigenvalue weighted by Crippen LogP contribution is 2.32. The summed E-state index contributed by atoms with van der Waals surface area (Å²) in [5.74, 6) is -0.901. The molecule has 13 nitrogen and oxygen atoms in total. The largest absolute Gasteiger partial charge is 0.480 e. The zero-order valence-corrected chi connectivity index (χ0v) is 19.8. The van der Waals surface area contributed by atoms with Gasteiger partial charge in [0, 0.05) is 25.0 Å². The number of benzene rings is 1. The molecule has 5 rings (SSSR count). The lowest BCUT2D eigenvalue weighted by Gasteiger charge is -2.27. The van der Waals surface area contributed by atoms with Crippen LogP contribution in [0.5, 0.6) is 0 Å². The second-order valence-corrected chi connectivity index (χ2v) is 9.09. The van der Waals surface area contributed by atoms with Crippen LogP contribution >= 0.6 is 0 Å². The monoisotopic (exact) mass is 508 g/mol. The standard InChI is InChI=1S/C24H28N8O5/c25-15(24(35)36)7-8-31(9-14-6-5-13-3-1-2-4-16(13)30-14)10-17-19(33)20(34)23(37-17)32-12-29-18-21(26)27-11-28-22(18)32/h1-6,11-12,15,17,19-20,23,33-34H,7-10,25H2,(H,35,36)(H2,26,27,28)/t15-,17+,19+,20+,23+/m0/s1. The second kappa shape index (κ2) is 10.3. The predicted octanol–water partition coefficient (Wildman–Crippen LogP) is -0.120. The predicted molar refractivity (Wildman–Crippen MR) is 133 cm³/mol. The van der Waals surface area contributed by atoms with E-state index in [1.807, 2.05) is 41.3 Å². The maximum absolute atomic E-state index is 11.3. The van der Waals surface area contributed by atoms with Gasteiger partial charge in [-0.3, -0.25) is 19.2 Å². The molecular weight excluding hydrogens is 480 g/mol. The fourth-order valence-electron chi connectivity index (χ4n) is 4.53. The number of hydrogen-bond donors (Lipinski definition) is 5. The first-order valence-corrected chi connectivity index (χ1v) is 11.8. The number of carboxylic acids is 1. The van der Waals surface area contributed by atoms with E-state index in [9.17, 15) is 20.1 Å². The van der Waals surface area contributed by atoms with E-state index < -0.39 is 36.6 Å². The van der Waals surface area contributed by atoms with Gasteiger partial charge in [0.25, 0.3) is 0 Å². The van der Waals surface area contributed by atoms with Gasteiger partial charge >= 0.3 is 5.97 Å². The molecule has 0 spiro atoms. The SMILES string of the molecule is Nc1ncnc2c1ncn2[C@@H]1O[C@H](CN(CC[C@H](N)C(=O)O)Cc2ccc3ccccc3n2)[C@@H](O)[C@H]1O. The van der Waals surface area contributed by atoms with Crippen LogP contribution < -0.4 is 11.5 Å². The number of nitrogen functional groups attached to an aromatic ring is 1. The smallest absolute Gasteiger partial charge is 0.320 e. The average molecular weight is 509 g/mol. The summed E-state index contributed by atoms with van der Waals surface area (Å²) in [5.41, 5.74) is 13.9. The molecule has 1 aliphatic rings. The van der Waals surface area contributed by atoms with Crippen molar-refractivity contribution in [3.63, 3.8) is 0 Å². The van der Waals surface area contributed by atoms with Crippen molar-refractivity contribution in [2.45, 2.75) is 43.5 Å². The number of imidazole rings is 1. The van der Waals surface area contributed by atoms with Gasteiger partial charge in [0.2, 0.25) is 0 Å². The van der Waals surface area contributed by atoms with Crippen LogP contribution in [0.2, 0.25) is 0 Å². The fourth-order valence-corrected chi connectivity index (χ4v) is 4.53. The number of para-hydroxylation sites is 1. The van der Waals surface area contributed by atoms with Crippen molar-refractivity contribution in [2.24, 2.45) is 5.73 Å². The summed E-state index contributed by atoms with van der Waals surface area (Å²) >= 11 is 0. The van der Waals surface area contributed by atoms with Crippen LogP contribution in [0.1, 0.15) is 18.3 Å². The molecule has 0 aliphatic carbocycles. The first kappa shape index (κ1) is 24.9. The van der Waals surface area contributed by atoms with Crippen LogP contribution in [0.15, 0.2) is 49.1 Å².